The van der Waals surface area contributed by atoms with Crippen LogP contribution in [0.5, 0.6) is 17.2 Å². The van der Waals surface area contributed by atoms with Gasteiger partial charge in [-0.3, -0.25) is 9.59 Å². The third kappa shape index (κ3) is 3.71. The predicted molar refractivity (Wildman–Crippen MR) is 117 cm³/mol. The molecule has 5 rings (SSSR count). The highest BCUT2D eigenvalue weighted by atomic mass is 79.9. The zero-order valence-corrected chi connectivity index (χ0v) is 18.7. The maximum absolute atomic E-state index is 13.3. The number of nitrogens with one attached hydrogen (secondary N) is 1. The van der Waals surface area contributed by atoms with Crippen LogP contribution >= 0.6 is 15.9 Å². The van der Waals surface area contributed by atoms with Crippen LogP contribution in [0.1, 0.15) is 49.1 Å². The molecule has 0 saturated heterocycles. The Labute approximate surface area is 188 Å². The molecule has 0 radical (unpaired) electrons. The second-order valence-corrected chi connectivity index (χ2v) is 8.81. The first-order chi connectivity index (χ1) is 15.0. The van der Waals surface area contributed by atoms with E-state index in [4.69, 9.17) is 14.2 Å². The topological polar surface area (TPSA) is 73.9 Å². The summed E-state index contributed by atoms with van der Waals surface area (Å²) < 4.78 is 17.3. The number of allylic oxidation sites excluding steroid dienone is 2. The molecule has 31 heavy (non-hydrogen) atoms. The molecule has 1 N–H and O–H groups in total. The van der Waals surface area contributed by atoms with Crippen LogP contribution in [0.4, 0.5) is 0 Å². The fourth-order valence-corrected chi connectivity index (χ4v) is 5.26. The number of carbonyl (C=O) groups excluding carboxylic acids is 2. The number of ether oxygens (including phenoxy) is 3. The molecule has 2 atom stereocenters. The molecule has 2 aromatic rings. The summed E-state index contributed by atoms with van der Waals surface area (Å²) in [5, 5.41) is 2.98. The minimum Gasteiger partial charge on any atom is -0.494 e. The van der Waals surface area contributed by atoms with Gasteiger partial charge in [-0.05, 0) is 54.7 Å². The van der Waals surface area contributed by atoms with Crippen LogP contribution in [-0.4, -0.2) is 25.1 Å². The van der Waals surface area contributed by atoms with Crippen molar-refractivity contribution in [3.8, 4) is 17.2 Å². The van der Waals surface area contributed by atoms with Crippen LogP contribution in [0.3, 0.4) is 0 Å². The predicted octanol–water partition coefficient (Wildman–Crippen LogP) is 4.58. The minimum atomic E-state index is -0.304. The standard InChI is InChI=1S/C24H22BrNO5/c1-2-29-15-5-3-13(4-6-15)14-7-19-24(20(27)8-14)17(10-23(28)26-19)16-9-21-22(11-18(16)25)31-12-30-21/h3-6,9,11,14,17H,2,7-8,10,12H2,1H3,(H,26,28). The highest BCUT2D eigenvalue weighted by Gasteiger charge is 2.39. The molecule has 3 aliphatic rings. The Balaban J connectivity index is 1.48. The lowest BCUT2D eigenvalue weighted by molar-refractivity contribution is -0.122. The van der Waals surface area contributed by atoms with E-state index < -0.39 is 0 Å². The number of fused-ring (bicyclic) bond motifs is 1. The van der Waals surface area contributed by atoms with Crippen molar-refractivity contribution < 1.29 is 23.8 Å². The van der Waals surface area contributed by atoms with Crippen molar-refractivity contribution >= 4 is 27.6 Å². The highest BCUT2D eigenvalue weighted by Crippen LogP contribution is 2.47. The van der Waals surface area contributed by atoms with Crippen molar-refractivity contribution in [3.63, 3.8) is 0 Å². The second kappa shape index (κ2) is 8.04. The van der Waals surface area contributed by atoms with E-state index in [0.29, 0.717) is 36.5 Å². The number of rotatable bonds is 4. The van der Waals surface area contributed by atoms with Crippen LogP contribution < -0.4 is 19.5 Å². The highest BCUT2D eigenvalue weighted by molar-refractivity contribution is 9.10. The molecule has 0 spiro atoms. The molecule has 0 aromatic heterocycles. The van der Waals surface area contributed by atoms with Crippen LogP contribution in [-0.2, 0) is 9.59 Å². The van der Waals surface area contributed by atoms with Gasteiger partial charge in [0.15, 0.2) is 17.3 Å². The van der Waals surface area contributed by atoms with Gasteiger partial charge in [-0.1, -0.05) is 28.1 Å². The molecule has 0 bridgehead atoms. The van der Waals surface area contributed by atoms with Gasteiger partial charge in [-0.15, -0.1) is 0 Å². The van der Waals surface area contributed by atoms with E-state index in [1.807, 2.05) is 43.3 Å². The van der Waals surface area contributed by atoms with E-state index in [9.17, 15) is 9.59 Å². The molecule has 6 nitrogen and oxygen atoms in total. The number of halogens is 1. The van der Waals surface area contributed by atoms with Crippen molar-refractivity contribution in [2.24, 2.45) is 0 Å². The fraction of sp³-hybridized carbons (Fsp3) is 0.333. The molecule has 1 aliphatic carbocycles. The van der Waals surface area contributed by atoms with Gasteiger partial charge in [0.1, 0.15) is 5.75 Å². The summed E-state index contributed by atoms with van der Waals surface area (Å²) in [6.45, 7) is 2.73. The monoisotopic (exact) mass is 483 g/mol. The van der Waals surface area contributed by atoms with Crippen molar-refractivity contribution in [1.82, 2.24) is 5.32 Å². The van der Waals surface area contributed by atoms with Gasteiger partial charge >= 0.3 is 0 Å². The maximum Gasteiger partial charge on any atom is 0.231 e. The quantitative estimate of drug-likeness (QED) is 0.688. The van der Waals surface area contributed by atoms with Gasteiger partial charge in [0.2, 0.25) is 12.7 Å². The first kappa shape index (κ1) is 20.1. The first-order valence-electron chi connectivity index (χ1n) is 10.4. The van der Waals surface area contributed by atoms with Crippen LogP contribution in [0.2, 0.25) is 0 Å². The molecular formula is C24H22BrNO5. The van der Waals surface area contributed by atoms with Crippen molar-refractivity contribution in [2.45, 2.75) is 38.0 Å². The minimum absolute atomic E-state index is 0.0289. The first-order valence-corrected chi connectivity index (χ1v) is 11.2. The third-order valence-electron chi connectivity index (χ3n) is 6.07. The third-order valence-corrected chi connectivity index (χ3v) is 6.75. The lowest BCUT2D eigenvalue weighted by Crippen LogP contribution is -2.38. The van der Waals surface area contributed by atoms with Gasteiger partial charge in [0, 0.05) is 34.5 Å². The van der Waals surface area contributed by atoms with E-state index in [2.05, 4.69) is 21.2 Å². The Hall–Kier alpha value is -2.80. The summed E-state index contributed by atoms with van der Waals surface area (Å²) in [7, 11) is 0. The molecule has 2 aromatic carbocycles. The molecule has 7 heteroatoms. The lowest BCUT2D eigenvalue weighted by Gasteiger charge is -2.35. The summed E-state index contributed by atoms with van der Waals surface area (Å²) >= 11 is 3.60. The van der Waals surface area contributed by atoms with E-state index >= 15 is 0 Å². The molecule has 2 unspecified atom stereocenters. The number of carbonyl (C=O) groups is 2. The number of Topliss-reactive ketones (excluding diaryl/α,β-unsaturated/α-hetero) is 1. The largest absolute Gasteiger partial charge is 0.494 e. The molecule has 1 amide bonds. The number of benzene rings is 2. The maximum atomic E-state index is 13.3. The van der Waals surface area contributed by atoms with E-state index in [-0.39, 0.29) is 36.7 Å². The summed E-state index contributed by atoms with van der Waals surface area (Å²) in [4.78, 5) is 25.9. The fourth-order valence-electron chi connectivity index (χ4n) is 4.66. The average molecular weight is 484 g/mol. The normalized spacial score (nSPS) is 22.3. The number of hydrogen-bond donors (Lipinski definition) is 1. The molecule has 0 fully saturated rings. The Morgan fingerprint density at radius 2 is 1.81 bits per heavy atom. The van der Waals surface area contributed by atoms with Gasteiger partial charge in [0.25, 0.3) is 0 Å². The second-order valence-electron chi connectivity index (χ2n) is 7.95. The Bertz CT molecular complexity index is 1090. The van der Waals surface area contributed by atoms with E-state index in [1.54, 1.807) is 0 Å². The van der Waals surface area contributed by atoms with Crippen LogP contribution in [0.15, 0.2) is 52.1 Å². The van der Waals surface area contributed by atoms with Crippen molar-refractivity contribution in [3.05, 3.63) is 63.3 Å². The number of hydrogen-bond acceptors (Lipinski definition) is 5. The summed E-state index contributed by atoms with van der Waals surface area (Å²) in [5.74, 6) is 1.84. The van der Waals surface area contributed by atoms with E-state index in [0.717, 1.165) is 27.0 Å². The zero-order valence-electron chi connectivity index (χ0n) is 17.1. The Morgan fingerprint density at radius 1 is 1.06 bits per heavy atom. The summed E-state index contributed by atoms with van der Waals surface area (Å²) in [6, 6.07) is 11.6. The SMILES string of the molecule is CCOc1ccc(C2CC(=O)C3=C(C2)NC(=O)CC3c2cc3c(cc2Br)OCO3)cc1. The molecule has 0 saturated carbocycles. The van der Waals surface area contributed by atoms with Crippen LogP contribution in [0.25, 0.3) is 0 Å². The van der Waals surface area contributed by atoms with Crippen molar-refractivity contribution in [1.29, 1.82) is 0 Å². The molecular weight excluding hydrogens is 462 g/mol. The lowest BCUT2D eigenvalue weighted by atomic mass is 9.73. The molecule has 2 heterocycles. The average Bonchev–Trinajstić information content (AvgIpc) is 3.20. The summed E-state index contributed by atoms with van der Waals surface area (Å²) in [5.41, 5.74) is 3.39. The molecule has 2 aliphatic heterocycles. The number of ketones is 1. The smallest absolute Gasteiger partial charge is 0.231 e. The zero-order chi connectivity index (χ0) is 21.5. The van der Waals surface area contributed by atoms with Gasteiger partial charge in [-0.25, -0.2) is 0 Å². The number of amides is 1. The van der Waals surface area contributed by atoms with Crippen molar-refractivity contribution in [2.75, 3.05) is 13.4 Å². The Morgan fingerprint density at radius 3 is 2.55 bits per heavy atom. The van der Waals surface area contributed by atoms with Crippen LogP contribution in [0, 0.1) is 0 Å². The van der Waals surface area contributed by atoms with Gasteiger partial charge in [-0.2, -0.15) is 0 Å². The Kier molecular flexibility index (Phi) is 5.22. The van der Waals surface area contributed by atoms with E-state index in [1.165, 1.54) is 0 Å². The van der Waals surface area contributed by atoms with Gasteiger partial charge < -0.3 is 19.5 Å². The summed E-state index contributed by atoms with van der Waals surface area (Å²) in [6.07, 6.45) is 1.28. The molecule has 160 valence electrons. The van der Waals surface area contributed by atoms with Gasteiger partial charge in [0.05, 0.1) is 6.61 Å².